The Hall–Kier alpha value is -1.55. The molecule has 18 heavy (non-hydrogen) atoms. The lowest BCUT2D eigenvalue weighted by Crippen LogP contribution is -2.42. The van der Waals surface area contributed by atoms with Crippen LogP contribution in [0.25, 0.3) is 10.9 Å². The maximum Gasteiger partial charge on any atom is 0.169 e. The number of aromatic amines is 1. The molecule has 0 radical (unpaired) electrons. The van der Waals surface area contributed by atoms with Gasteiger partial charge in [-0.05, 0) is 25.2 Å². The third-order valence-corrected chi connectivity index (χ3v) is 3.90. The highest BCUT2D eigenvalue weighted by atomic mass is 32.1. The Morgan fingerprint density at radius 2 is 2.28 bits per heavy atom. The van der Waals surface area contributed by atoms with Crippen LogP contribution in [0.1, 0.15) is 18.2 Å². The molecule has 0 saturated carbocycles. The molecule has 0 spiro atoms. The van der Waals surface area contributed by atoms with Gasteiger partial charge in [0.05, 0.1) is 0 Å². The number of nitrogens with zero attached hydrogens (tertiary/aromatic N) is 1. The van der Waals surface area contributed by atoms with Crippen molar-refractivity contribution in [2.24, 2.45) is 0 Å². The van der Waals surface area contributed by atoms with Crippen molar-refractivity contribution >= 4 is 28.2 Å². The molecule has 1 aromatic carbocycles. The second kappa shape index (κ2) is 4.61. The molecule has 0 fully saturated rings. The van der Waals surface area contributed by atoms with Crippen LogP contribution in [0.4, 0.5) is 0 Å². The first kappa shape index (κ1) is 11.5. The minimum Gasteiger partial charge on any atom is -0.363 e. The Bertz CT molecular complexity index is 588. The number of thiocarbonyl (C=S) groups is 1. The summed E-state index contributed by atoms with van der Waals surface area (Å²) in [7, 11) is 0. The smallest absolute Gasteiger partial charge is 0.169 e. The summed E-state index contributed by atoms with van der Waals surface area (Å²) in [6.07, 6.45) is 1.04. The zero-order chi connectivity index (χ0) is 12.5. The summed E-state index contributed by atoms with van der Waals surface area (Å²) >= 11 is 5.40. The maximum atomic E-state index is 5.40. The molecule has 0 unspecified atom stereocenters. The van der Waals surface area contributed by atoms with E-state index in [0.29, 0.717) is 0 Å². The van der Waals surface area contributed by atoms with Gasteiger partial charge in [0.1, 0.15) is 0 Å². The zero-order valence-corrected chi connectivity index (χ0v) is 11.3. The summed E-state index contributed by atoms with van der Waals surface area (Å²) in [6, 6.07) is 8.49. The van der Waals surface area contributed by atoms with Gasteiger partial charge in [-0.25, -0.2) is 0 Å². The van der Waals surface area contributed by atoms with Crippen LogP contribution in [0.3, 0.4) is 0 Å². The van der Waals surface area contributed by atoms with Crippen LogP contribution in [0.2, 0.25) is 0 Å². The summed E-state index contributed by atoms with van der Waals surface area (Å²) in [6.45, 7) is 4.86. The van der Waals surface area contributed by atoms with Gasteiger partial charge in [0.2, 0.25) is 0 Å². The quantitative estimate of drug-likeness (QED) is 0.771. The van der Waals surface area contributed by atoms with Crippen molar-refractivity contribution in [2.75, 3.05) is 13.1 Å². The lowest BCUT2D eigenvalue weighted by atomic mass is 10.1. The predicted octanol–water partition coefficient (Wildman–Crippen LogP) is 2.42. The normalized spacial score (nSPS) is 14.6. The summed E-state index contributed by atoms with van der Waals surface area (Å²) < 4.78 is 0. The molecular formula is C14H17N3S. The molecule has 0 saturated heterocycles. The molecule has 1 aliphatic heterocycles. The monoisotopic (exact) mass is 259 g/mol. The predicted molar refractivity (Wildman–Crippen MR) is 78.7 cm³/mol. The molecule has 94 valence electrons. The van der Waals surface area contributed by atoms with Crippen LogP contribution in [0, 0.1) is 0 Å². The maximum absolute atomic E-state index is 5.40. The summed E-state index contributed by atoms with van der Waals surface area (Å²) in [5.41, 5.74) is 4.00. The van der Waals surface area contributed by atoms with E-state index in [1.54, 1.807) is 0 Å². The number of nitrogens with one attached hydrogen (secondary N) is 2. The summed E-state index contributed by atoms with van der Waals surface area (Å²) in [4.78, 5) is 5.77. The molecule has 0 atom stereocenters. The van der Waals surface area contributed by atoms with Crippen LogP contribution in [-0.4, -0.2) is 28.1 Å². The van der Waals surface area contributed by atoms with Crippen LogP contribution in [0.5, 0.6) is 0 Å². The van der Waals surface area contributed by atoms with Crippen molar-refractivity contribution < 1.29 is 0 Å². The van der Waals surface area contributed by atoms with Crippen molar-refractivity contribution in [3.63, 3.8) is 0 Å². The number of para-hydroxylation sites is 1. The number of hydrogen-bond donors (Lipinski definition) is 2. The van der Waals surface area contributed by atoms with E-state index in [1.165, 1.54) is 22.2 Å². The Kier molecular flexibility index (Phi) is 2.96. The van der Waals surface area contributed by atoms with E-state index < -0.39 is 0 Å². The minimum atomic E-state index is 0.869. The molecular weight excluding hydrogens is 242 g/mol. The van der Waals surface area contributed by atoms with Crippen LogP contribution in [0.15, 0.2) is 24.3 Å². The van der Waals surface area contributed by atoms with Crippen molar-refractivity contribution in [2.45, 2.75) is 19.9 Å². The van der Waals surface area contributed by atoms with Gasteiger partial charge in [0.25, 0.3) is 0 Å². The molecule has 1 aromatic heterocycles. The lowest BCUT2D eigenvalue weighted by molar-refractivity contribution is 0.388. The van der Waals surface area contributed by atoms with Crippen molar-refractivity contribution in [3.8, 4) is 0 Å². The molecule has 2 heterocycles. The van der Waals surface area contributed by atoms with Gasteiger partial charge in [0.15, 0.2) is 5.11 Å². The Morgan fingerprint density at radius 3 is 3.11 bits per heavy atom. The van der Waals surface area contributed by atoms with Gasteiger partial charge < -0.3 is 15.2 Å². The number of aromatic nitrogens is 1. The first-order valence-electron chi connectivity index (χ1n) is 6.41. The Morgan fingerprint density at radius 1 is 1.44 bits per heavy atom. The van der Waals surface area contributed by atoms with Crippen LogP contribution < -0.4 is 5.32 Å². The molecule has 0 bridgehead atoms. The highest BCUT2D eigenvalue weighted by Gasteiger charge is 2.21. The lowest BCUT2D eigenvalue weighted by Gasteiger charge is -2.29. The molecule has 0 aliphatic carbocycles. The van der Waals surface area contributed by atoms with E-state index in [4.69, 9.17) is 12.2 Å². The van der Waals surface area contributed by atoms with E-state index in [9.17, 15) is 0 Å². The standard InChI is InChI=1S/C14H17N3S/c1-2-15-14(18)17-8-7-13-11(9-17)10-5-3-4-6-12(10)16-13/h3-6,16H,2,7-9H2,1H3,(H,15,18). The summed E-state index contributed by atoms with van der Waals surface area (Å²) in [5, 5.41) is 5.43. The first-order chi connectivity index (χ1) is 8.79. The third-order valence-electron chi connectivity index (χ3n) is 3.50. The van der Waals surface area contributed by atoms with Crippen molar-refractivity contribution in [1.82, 2.24) is 15.2 Å². The molecule has 4 heteroatoms. The highest BCUT2D eigenvalue weighted by molar-refractivity contribution is 7.80. The average molecular weight is 259 g/mol. The van der Waals surface area contributed by atoms with E-state index in [0.717, 1.165) is 31.2 Å². The van der Waals surface area contributed by atoms with Gasteiger partial charge in [-0.15, -0.1) is 0 Å². The Labute approximate surface area is 112 Å². The van der Waals surface area contributed by atoms with Crippen LogP contribution in [-0.2, 0) is 13.0 Å². The number of fused-ring (bicyclic) bond motifs is 3. The van der Waals surface area contributed by atoms with Gasteiger partial charge in [0, 0.05) is 48.2 Å². The second-order valence-corrected chi connectivity index (χ2v) is 5.02. The fraction of sp³-hybridized carbons (Fsp3) is 0.357. The fourth-order valence-corrected chi connectivity index (χ4v) is 2.90. The molecule has 2 aromatic rings. The first-order valence-corrected chi connectivity index (χ1v) is 6.81. The number of benzene rings is 1. The molecule has 3 rings (SSSR count). The van der Waals surface area contributed by atoms with E-state index >= 15 is 0 Å². The van der Waals surface area contributed by atoms with Gasteiger partial charge in [-0.2, -0.15) is 0 Å². The molecule has 2 N–H and O–H groups in total. The zero-order valence-electron chi connectivity index (χ0n) is 10.5. The van der Waals surface area contributed by atoms with Crippen molar-refractivity contribution in [1.29, 1.82) is 0 Å². The molecule has 0 amide bonds. The van der Waals surface area contributed by atoms with Gasteiger partial charge in [-0.1, -0.05) is 18.2 Å². The summed E-state index contributed by atoms with van der Waals surface area (Å²) in [5.74, 6) is 0. The van der Waals surface area contributed by atoms with E-state index in [1.807, 2.05) is 0 Å². The van der Waals surface area contributed by atoms with Gasteiger partial charge in [-0.3, -0.25) is 0 Å². The minimum absolute atomic E-state index is 0.869. The van der Waals surface area contributed by atoms with Crippen molar-refractivity contribution in [3.05, 3.63) is 35.5 Å². The number of rotatable bonds is 1. The number of hydrogen-bond acceptors (Lipinski definition) is 1. The molecule has 1 aliphatic rings. The van der Waals surface area contributed by atoms with E-state index in [-0.39, 0.29) is 0 Å². The number of H-pyrrole nitrogens is 1. The molecule has 3 nitrogen and oxygen atoms in total. The van der Waals surface area contributed by atoms with Crippen LogP contribution >= 0.6 is 12.2 Å². The van der Waals surface area contributed by atoms with E-state index in [2.05, 4.69) is 46.4 Å². The highest BCUT2D eigenvalue weighted by Crippen LogP contribution is 2.27. The topological polar surface area (TPSA) is 31.1 Å². The fourth-order valence-electron chi connectivity index (χ4n) is 2.60. The third kappa shape index (κ3) is 1.86. The SMILES string of the molecule is CCNC(=S)N1CCc2[nH]c3ccccc3c2C1. The van der Waals surface area contributed by atoms with Gasteiger partial charge >= 0.3 is 0 Å². The second-order valence-electron chi connectivity index (χ2n) is 4.63. The average Bonchev–Trinajstić information content (AvgIpc) is 2.76. The largest absolute Gasteiger partial charge is 0.363 e. The Balaban J connectivity index is 1.94.